The smallest absolute Gasteiger partial charge is 0.203 e. The Morgan fingerprint density at radius 3 is 1.96 bits per heavy atom. The molecule has 0 N–H and O–H groups in total. The molecule has 0 aliphatic heterocycles. The van der Waals surface area contributed by atoms with Gasteiger partial charge in [0.25, 0.3) is 6.08 Å². The van der Waals surface area contributed by atoms with E-state index in [0.29, 0.717) is 11.5 Å². The van der Waals surface area contributed by atoms with Crippen LogP contribution in [0.15, 0.2) is 23.8 Å². The van der Waals surface area contributed by atoms with Gasteiger partial charge in [-0.1, -0.05) is 31.9 Å². The molecule has 132 valence electrons. The first kappa shape index (κ1) is 17.5. The zero-order valence-corrected chi connectivity index (χ0v) is 14.1. The Kier molecular flexibility index (Phi) is 5.31. The molecule has 2 aliphatic rings. The summed E-state index contributed by atoms with van der Waals surface area (Å²) >= 11 is 0. The van der Waals surface area contributed by atoms with E-state index in [9.17, 15) is 17.6 Å². The first-order valence-electron chi connectivity index (χ1n) is 9.02. The third kappa shape index (κ3) is 3.38. The molecule has 0 atom stereocenters. The van der Waals surface area contributed by atoms with Crippen molar-refractivity contribution in [3.8, 4) is 0 Å². The lowest BCUT2D eigenvalue weighted by Crippen LogP contribution is -2.18. The molecule has 0 radical (unpaired) electrons. The largest absolute Gasteiger partial charge is 0.269 e. The fourth-order valence-corrected chi connectivity index (χ4v) is 4.29. The number of hydrogen-bond donors (Lipinski definition) is 0. The average Bonchev–Trinajstić information content (AvgIpc) is 2.51. The average molecular weight is 340 g/mol. The van der Waals surface area contributed by atoms with Crippen LogP contribution in [0, 0.1) is 17.6 Å². The molecule has 0 unspecified atom stereocenters. The van der Waals surface area contributed by atoms with Crippen molar-refractivity contribution in [1.82, 2.24) is 0 Å². The van der Waals surface area contributed by atoms with Gasteiger partial charge in [-0.05, 0) is 73.0 Å². The molecule has 0 heterocycles. The molecule has 1 aromatic carbocycles. The third-order valence-corrected chi connectivity index (χ3v) is 5.82. The predicted octanol–water partition coefficient (Wildman–Crippen LogP) is 7.07. The van der Waals surface area contributed by atoms with Crippen LogP contribution in [0.1, 0.15) is 81.3 Å². The minimum absolute atomic E-state index is 0.0677. The van der Waals surface area contributed by atoms with Gasteiger partial charge in [0, 0.05) is 0 Å². The number of benzene rings is 1. The molecular formula is C20H24F4. The number of allylic oxidation sites excluding steroid dienone is 1. The molecule has 0 bridgehead atoms. The Morgan fingerprint density at radius 1 is 0.917 bits per heavy atom. The molecule has 0 nitrogen and oxygen atoms in total. The molecule has 2 aliphatic carbocycles. The highest BCUT2D eigenvalue weighted by molar-refractivity contribution is 5.36. The van der Waals surface area contributed by atoms with E-state index in [0.717, 1.165) is 25.7 Å². The topological polar surface area (TPSA) is 0 Å². The highest BCUT2D eigenvalue weighted by atomic mass is 19.3. The second kappa shape index (κ2) is 7.28. The Bertz CT molecular complexity index is 615. The molecule has 0 saturated heterocycles. The molecule has 4 heteroatoms. The van der Waals surface area contributed by atoms with Gasteiger partial charge < -0.3 is 0 Å². The quantitative estimate of drug-likeness (QED) is 0.514. The van der Waals surface area contributed by atoms with Gasteiger partial charge in [-0.2, -0.15) is 8.78 Å². The van der Waals surface area contributed by atoms with Crippen LogP contribution >= 0.6 is 0 Å². The molecule has 3 rings (SSSR count). The lowest BCUT2D eigenvalue weighted by Gasteiger charge is -2.31. The summed E-state index contributed by atoms with van der Waals surface area (Å²) in [6, 6.07) is 3.30. The van der Waals surface area contributed by atoms with Crippen LogP contribution in [-0.4, -0.2) is 0 Å². The minimum Gasteiger partial charge on any atom is -0.203 e. The SMILES string of the molecule is CCC[C@H]1CC[C@H](c2ccc(C3CC(=C(F)F)C3)c(F)c2F)CC1. The highest BCUT2D eigenvalue weighted by Gasteiger charge is 2.33. The van der Waals surface area contributed by atoms with E-state index < -0.39 is 17.7 Å². The van der Waals surface area contributed by atoms with Gasteiger partial charge in [0.2, 0.25) is 0 Å². The Labute approximate surface area is 141 Å². The Balaban J connectivity index is 1.71. The highest BCUT2D eigenvalue weighted by Crippen LogP contribution is 2.46. The molecule has 2 fully saturated rings. The summed E-state index contributed by atoms with van der Waals surface area (Å²) in [5.74, 6) is -1.10. The zero-order chi connectivity index (χ0) is 17.3. The van der Waals surface area contributed by atoms with Crippen molar-refractivity contribution in [2.45, 2.75) is 70.1 Å². The number of rotatable bonds is 4. The van der Waals surface area contributed by atoms with E-state index >= 15 is 0 Å². The van der Waals surface area contributed by atoms with Crippen LogP contribution in [0.3, 0.4) is 0 Å². The summed E-state index contributed by atoms with van der Waals surface area (Å²) in [5, 5.41) is 0. The van der Waals surface area contributed by atoms with Crippen LogP contribution in [-0.2, 0) is 0 Å². The maximum absolute atomic E-state index is 14.5. The van der Waals surface area contributed by atoms with E-state index in [2.05, 4.69) is 6.92 Å². The monoisotopic (exact) mass is 340 g/mol. The van der Waals surface area contributed by atoms with Crippen LogP contribution in [0.25, 0.3) is 0 Å². The van der Waals surface area contributed by atoms with Gasteiger partial charge in [0.05, 0.1) is 0 Å². The summed E-state index contributed by atoms with van der Waals surface area (Å²) in [6.07, 6.45) is 4.96. The summed E-state index contributed by atoms with van der Waals surface area (Å²) in [4.78, 5) is 0. The van der Waals surface area contributed by atoms with E-state index in [1.807, 2.05) is 0 Å². The molecule has 0 amide bonds. The van der Waals surface area contributed by atoms with Crippen molar-refractivity contribution in [2.24, 2.45) is 5.92 Å². The van der Waals surface area contributed by atoms with Gasteiger partial charge in [-0.25, -0.2) is 8.78 Å². The van der Waals surface area contributed by atoms with Crippen LogP contribution in [0.5, 0.6) is 0 Å². The second-order valence-corrected chi connectivity index (χ2v) is 7.35. The van der Waals surface area contributed by atoms with Crippen molar-refractivity contribution in [3.05, 3.63) is 46.5 Å². The minimum atomic E-state index is -1.67. The van der Waals surface area contributed by atoms with E-state index in [1.54, 1.807) is 12.1 Å². The maximum atomic E-state index is 14.5. The van der Waals surface area contributed by atoms with Crippen molar-refractivity contribution >= 4 is 0 Å². The fourth-order valence-electron chi connectivity index (χ4n) is 4.29. The van der Waals surface area contributed by atoms with Crippen LogP contribution in [0.4, 0.5) is 17.6 Å². The standard InChI is InChI=1S/C20H24F4/c1-2-3-12-4-6-13(7-5-12)16-8-9-17(19(22)18(16)21)14-10-15(11-14)20(23)24/h8-9,12-14H,2-7,10-11H2,1H3/t12-,13-. The van der Waals surface area contributed by atoms with E-state index in [4.69, 9.17) is 0 Å². The third-order valence-electron chi connectivity index (χ3n) is 5.82. The molecule has 1 aromatic rings. The van der Waals surface area contributed by atoms with Gasteiger partial charge in [0.15, 0.2) is 11.6 Å². The number of halogens is 4. The second-order valence-electron chi connectivity index (χ2n) is 7.35. The number of hydrogen-bond acceptors (Lipinski definition) is 0. The molecule has 0 aromatic heterocycles. The lowest BCUT2D eigenvalue weighted by molar-refractivity contribution is 0.302. The van der Waals surface area contributed by atoms with Gasteiger partial charge >= 0.3 is 0 Å². The summed E-state index contributed by atoms with van der Waals surface area (Å²) in [5.41, 5.74) is 0.789. The molecule has 24 heavy (non-hydrogen) atoms. The lowest BCUT2D eigenvalue weighted by atomic mass is 9.74. The molecule has 0 spiro atoms. The van der Waals surface area contributed by atoms with Gasteiger partial charge in [-0.3, -0.25) is 0 Å². The van der Waals surface area contributed by atoms with Crippen LogP contribution in [0.2, 0.25) is 0 Å². The first-order chi connectivity index (χ1) is 11.5. The van der Waals surface area contributed by atoms with Crippen LogP contribution < -0.4 is 0 Å². The van der Waals surface area contributed by atoms with Crippen molar-refractivity contribution in [1.29, 1.82) is 0 Å². The first-order valence-corrected chi connectivity index (χ1v) is 9.02. The van der Waals surface area contributed by atoms with E-state index in [-0.39, 0.29) is 35.8 Å². The molecule has 2 saturated carbocycles. The predicted molar refractivity (Wildman–Crippen MR) is 87.2 cm³/mol. The Morgan fingerprint density at radius 2 is 1.46 bits per heavy atom. The zero-order valence-electron chi connectivity index (χ0n) is 14.1. The van der Waals surface area contributed by atoms with Gasteiger partial charge in [-0.15, -0.1) is 0 Å². The molecular weight excluding hydrogens is 316 g/mol. The van der Waals surface area contributed by atoms with E-state index in [1.165, 1.54) is 12.8 Å². The van der Waals surface area contributed by atoms with Gasteiger partial charge in [0.1, 0.15) is 0 Å². The van der Waals surface area contributed by atoms with Crippen molar-refractivity contribution in [3.63, 3.8) is 0 Å². The van der Waals surface area contributed by atoms with Crippen molar-refractivity contribution in [2.75, 3.05) is 0 Å². The Hall–Kier alpha value is -1.32. The normalized spacial score (nSPS) is 27.0. The summed E-state index contributed by atoms with van der Waals surface area (Å²) in [7, 11) is 0. The summed E-state index contributed by atoms with van der Waals surface area (Å²) < 4.78 is 53.9. The summed E-state index contributed by atoms with van der Waals surface area (Å²) in [6.45, 7) is 2.18. The maximum Gasteiger partial charge on any atom is 0.269 e. The van der Waals surface area contributed by atoms with Crippen molar-refractivity contribution < 1.29 is 17.6 Å². The fraction of sp³-hybridized carbons (Fsp3) is 0.600.